The van der Waals surface area contributed by atoms with Crippen LogP contribution >= 0.6 is 11.3 Å². The molecule has 3 heteroatoms. The molecule has 2 heterocycles. The van der Waals surface area contributed by atoms with Gasteiger partial charge in [-0.25, -0.2) is 0 Å². The standard InChI is InChI=1S/C13H21NOS/c1-3-10-6-8-16-13(10)12(14-2)11-5-4-7-15-9-11/h6,8,11-12,14H,3-5,7,9H2,1-2H3. The highest BCUT2D eigenvalue weighted by Crippen LogP contribution is 2.33. The van der Waals surface area contributed by atoms with E-state index < -0.39 is 0 Å². The second kappa shape index (κ2) is 5.80. The summed E-state index contributed by atoms with van der Waals surface area (Å²) in [7, 11) is 2.07. The van der Waals surface area contributed by atoms with Crippen molar-refractivity contribution in [2.45, 2.75) is 32.2 Å². The maximum Gasteiger partial charge on any atom is 0.0512 e. The normalized spacial score (nSPS) is 23.2. The average Bonchev–Trinajstić information content (AvgIpc) is 2.80. The molecule has 1 aliphatic heterocycles. The number of hydrogen-bond acceptors (Lipinski definition) is 3. The zero-order valence-electron chi connectivity index (χ0n) is 10.2. The Hall–Kier alpha value is -0.380. The van der Waals surface area contributed by atoms with Gasteiger partial charge in [-0.1, -0.05) is 6.92 Å². The first-order valence-corrected chi connectivity index (χ1v) is 7.06. The van der Waals surface area contributed by atoms with Crippen molar-refractivity contribution in [3.8, 4) is 0 Å². The van der Waals surface area contributed by atoms with Gasteiger partial charge in [-0.15, -0.1) is 11.3 Å². The molecule has 0 aromatic carbocycles. The van der Waals surface area contributed by atoms with Crippen LogP contribution in [0.3, 0.4) is 0 Å². The van der Waals surface area contributed by atoms with Crippen LogP contribution in [-0.2, 0) is 11.2 Å². The molecule has 2 rings (SSSR count). The molecule has 1 aliphatic rings. The number of rotatable bonds is 4. The van der Waals surface area contributed by atoms with E-state index in [1.165, 1.54) is 23.3 Å². The molecular weight excluding hydrogens is 218 g/mol. The minimum atomic E-state index is 0.482. The van der Waals surface area contributed by atoms with Crippen LogP contribution in [0.2, 0.25) is 0 Å². The summed E-state index contributed by atoms with van der Waals surface area (Å²) >= 11 is 1.88. The lowest BCUT2D eigenvalue weighted by Gasteiger charge is -2.30. The summed E-state index contributed by atoms with van der Waals surface area (Å²) in [5.41, 5.74) is 1.50. The van der Waals surface area contributed by atoms with E-state index in [1.54, 1.807) is 0 Å². The first-order valence-electron chi connectivity index (χ1n) is 6.18. The van der Waals surface area contributed by atoms with Crippen LogP contribution < -0.4 is 5.32 Å². The lowest BCUT2D eigenvalue weighted by Crippen LogP contribution is -2.31. The number of nitrogens with one attached hydrogen (secondary N) is 1. The fraction of sp³-hybridized carbons (Fsp3) is 0.692. The third-order valence-electron chi connectivity index (χ3n) is 3.42. The van der Waals surface area contributed by atoms with Crippen LogP contribution in [0.1, 0.15) is 36.2 Å². The van der Waals surface area contributed by atoms with Gasteiger partial charge in [0.2, 0.25) is 0 Å². The average molecular weight is 239 g/mol. The van der Waals surface area contributed by atoms with E-state index in [-0.39, 0.29) is 0 Å². The molecule has 1 saturated heterocycles. The second-order valence-electron chi connectivity index (χ2n) is 4.41. The molecule has 90 valence electrons. The molecule has 0 amide bonds. The van der Waals surface area contributed by atoms with E-state index in [1.807, 2.05) is 11.3 Å². The minimum absolute atomic E-state index is 0.482. The van der Waals surface area contributed by atoms with Gasteiger partial charge < -0.3 is 10.1 Å². The summed E-state index contributed by atoms with van der Waals surface area (Å²) in [6, 6.07) is 2.74. The Labute approximate surface area is 102 Å². The van der Waals surface area contributed by atoms with Crippen molar-refractivity contribution in [1.29, 1.82) is 0 Å². The SMILES string of the molecule is CCc1ccsc1C(NC)C1CCCOC1. The molecule has 0 radical (unpaired) electrons. The van der Waals surface area contributed by atoms with Gasteiger partial charge in [0.15, 0.2) is 0 Å². The zero-order chi connectivity index (χ0) is 11.4. The minimum Gasteiger partial charge on any atom is -0.381 e. The molecule has 0 aliphatic carbocycles. The highest BCUT2D eigenvalue weighted by molar-refractivity contribution is 7.10. The number of aryl methyl sites for hydroxylation is 1. The number of ether oxygens (including phenoxy) is 1. The highest BCUT2D eigenvalue weighted by atomic mass is 32.1. The first kappa shape index (κ1) is 12.1. The van der Waals surface area contributed by atoms with E-state index in [0.717, 1.165) is 19.6 Å². The molecule has 2 unspecified atom stereocenters. The smallest absolute Gasteiger partial charge is 0.0512 e. The van der Waals surface area contributed by atoms with E-state index in [2.05, 4.69) is 30.7 Å². The number of thiophene rings is 1. The van der Waals surface area contributed by atoms with Gasteiger partial charge >= 0.3 is 0 Å². The van der Waals surface area contributed by atoms with Gasteiger partial charge in [-0.2, -0.15) is 0 Å². The van der Waals surface area contributed by atoms with Gasteiger partial charge in [0.25, 0.3) is 0 Å². The molecule has 16 heavy (non-hydrogen) atoms. The summed E-state index contributed by atoms with van der Waals surface area (Å²) in [5.74, 6) is 0.641. The molecule has 0 bridgehead atoms. The summed E-state index contributed by atoms with van der Waals surface area (Å²) in [5, 5.41) is 5.69. The van der Waals surface area contributed by atoms with Crippen molar-refractivity contribution in [3.63, 3.8) is 0 Å². The van der Waals surface area contributed by atoms with Crippen molar-refractivity contribution < 1.29 is 4.74 Å². The molecule has 2 atom stereocenters. The second-order valence-corrected chi connectivity index (χ2v) is 5.35. The van der Waals surface area contributed by atoms with Crippen molar-refractivity contribution in [2.75, 3.05) is 20.3 Å². The van der Waals surface area contributed by atoms with Crippen LogP contribution in [0.15, 0.2) is 11.4 Å². The maximum absolute atomic E-state index is 5.60. The van der Waals surface area contributed by atoms with Crippen molar-refractivity contribution in [2.24, 2.45) is 5.92 Å². The molecule has 1 fully saturated rings. The molecule has 1 N–H and O–H groups in total. The van der Waals surface area contributed by atoms with Gasteiger partial charge in [0.1, 0.15) is 0 Å². The maximum atomic E-state index is 5.60. The molecule has 0 saturated carbocycles. The van der Waals surface area contributed by atoms with Crippen LogP contribution in [0.5, 0.6) is 0 Å². The Morgan fingerprint density at radius 3 is 3.12 bits per heavy atom. The van der Waals surface area contributed by atoms with Gasteiger partial charge in [-0.05, 0) is 43.3 Å². The molecule has 1 aromatic rings. The molecular formula is C13H21NOS. The molecule has 0 spiro atoms. The van der Waals surface area contributed by atoms with Crippen LogP contribution in [0.4, 0.5) is 0 Å². The Kier molecular flexibility index (Phi) is 4.38. The van der Waals surface area contributed by atoms with Gasteiger partial charge in [0, 0.05) is 23.4 Å². The van der Waals surface area contributed by atoms with Crippen LogP contribution in [0, 0.1) is 5.92 Å². The Morgan fingerprint density at radius 2 is 2.50 bits per heavy atom. The summed E-state index contributed by atoms with van der Waals surface area (Å²) < 4.78 is 5.60. The Balaban J connectivity index is 2.14. The fourth-order valence-corrected chi connectivity index (χ4v) is 3.72. The van der Waals surface area contributed by atoms with Crippen LogP contribution in [0.25, 0.3) is 0 Å². The van der Waals surface area contributed by atoms with E-state index >= 15 is 0 Å². The van der Waals surface area contributed by atoms with Crippen molar-refractivity contribution in [3.05, 3.63) is 21.9 Å². The Bertz CT molecular complexity index is 317. The number of hydrogen-bond donors (Lipinski definition) is 1. The summed E-state index contributed by atoms with van der Waals surface area (Å²) in [6.07, 6.45) is 3.62. The van der Waals surface area contributed by atoms with E-state index in [9.17, 15) is 0 Å². The zero-order valence-corrected chi connectivity index (χ0v) is 11.0. The lowest BCUT2D eigenvalue weighted by atomic mass is 9.91. The van der Waals surface area contributed by atoms with E-state index in [0.29, 0.717) is 12.0 Å². The van der Waals surface area contributed by atoms with Crippen LogP contribution in [-0.4, -0.2) is 20.3 Å². The lowest BCUT2D eigenvalue weighted by molar-refractivity contribution is 0.0406. The third-order valence-corrected chi connectivity index (χ3v) is 4.46. The fourth-order valence-electron chi connectivity index (χ4n) is 2.52. The molecule has 1 aromatic heterocycles. The van der Waals surface area contributed by atoms with Gasteiger partial charge in [0.05, 0.1) is 6.61 Å². The monoisotopic (exact) mass is 239 g/mol. The van der Waals surface area contributed by atoms with Crippen molar-refractivity contribution in [1.82, 2.24) is 5.32 Å². The highest BCUT2D eigenvalue weighted by Gasteiger charge is 2.26. The van der Waals surface area contributed by atoms with E-state index in [4.69, 9.17) is 4.74 Å². The predicted molar refractivity (Wildman–Crippen MR) is 69.0 cm³/mol. The quantitative estimate of drug-likeness (QED) is 0.872. The largest absolute Gasteiger partial charge is 0.381 e. The Morgan fingerprint density at radius 1 is 1.62 bits per heavy atom. The summed E-state index contributed by atoms with van der Waals surface area (Å²) in [4.78, 5) is 1.51. The molecule has 2 nitrogen and oxygen atoms in total. The summed E-state index contributed by atoms with van der Waals surface area (Å²) in [6.45, 7) is 4.08. The topological polar surface area (TPSA) is 21.3 Å². The third kappa shape index (κ3) is 2.47. The van der Waals surface area contributed by atoms with Gasteiger partial charge in [-0.3, -0.25) is 0 Å². The first-order chi connectivity index (χ1) is 7.86. The predicted octanol–water partition coefficient (Wildman–Crippen LogP) is 3.00. The van der Waals surface area contributed by atoms with Crippen molar-refractivity contribution >= 4 is 11.3 Å².